The third-order valence-corrected chi connectivity index (χ3v) is 4.57. The number of hydrogen-bond acceptors (Lipinski definition) is 3. The van der Waals surface area contributed by atoms with E-state index < -0.39 is 0 Å². The lowest BCUT2D eigenvalue weighted by molar-refractivity contribution is 1.08. The van der Waals surface area contributed by atoms with E-state index in [-0.39, 0.29) is 0 Å². The molecule has 0 saturated carbocycles. The van der Waals surface area contributed by atoms with Gasteiger partial charge in [-0.15, -0.1) is 5.11 Å². The molecule has 0 bridgehead atoms. The highest BCUT2D eigenvalue weighted by atomic mass is 15.1. The van der Waals surface area contributed by atoms with Crippen molar-refractivity contribution in [3.63, 3.8) is 0 Å². The van der Waals surface area contributed by atoms with Crippen LogP contribution in [0.3, 0.4) is 0 Å². The van der Waals surface area contributed by atoms with Crippen LogP contribution in [0.25, 0.3) is 17.2 Å². The molecular weight excluding hydrogens is 342 g/mol. The van der Waals surface area contributed by atoms with E-state index in [2.05, 4.69) is 46.6 Å². The summed E-state index contributed by atoms with van der Waals surface area (Å²) in [5.74, 6) is 0. The maximum Gasteiger partial charge on any atom is 0.0955 e. The van der Waals surface area contributed by atoms with Crippen molar-refractivity contribution in [2.24, 2.45) is 10.2 Å². The van der Waals surface area contributed by atoms with Crippen molar-refractivity contribution in [2.75, 3.05) is 5.73 Å². The first-order valence-electron chi connectivity index (χ1n) is 9.29. The van der Waals surface area contributed by atoms with Crippen LogP contribution in [-0.2, 0) is 0 Å². The van der Waals surface area contributed by atoms with Crippen LogP contribution in [0.5, 0.6) is 0 Å². The van der Waals surface area contributed by atoms with E-state index in [1.54, 1.807) is 0 Å². The molecule has 0 saturated heterocycles. The molecule has 0 heterocycles. The second-order valence-electron chi connectivity index (χ2n) is 6.61. The Hall–Kier alpha value is -3.72. The number of benzene rings is 3. The minimum Gasteiger partial charge on any atom is -0.399 e. The number of nitrogen functional groups attached to an aromatic ring is 1. The number of allylic oxidation sites excluding steroid dienone is 4. The predicted octanol–water partition coefficient (Wildman–Crippen LogP) is 6.95. The number of azo groups is 1. The van der Waals surface area contributed by atoms with Gasteiger partial charge in [-0.1, -0.05) is 78.9 Å². The van der Waals surface area contributed by atoms with Crippen LogP contribution in [0.4, 0.5) is 11.4 Å². The molecule has 0 amide bonds. The molecule has 0 spiro atoms. The van der Waals surface area contributed by atoms with Crippen LogP contribution in [0, 0.1) is 0 Å². The van der Waals surface area contributed by atoms with Crippen molar-refractivity contribution in [3.8, 4) is 11.1 Å². The van der Waals surface area contributed by atoms with Gasteiger partial charge in [0.1, 0.15) is 0 Å². The van der Waals surface area contributed by atoms with Crippen molar-refractivity contribution in [2.45, 2.75) is 6.42 Å². The van der Waals surface area contributed by atoms with Gasteiger partial charge < -0.3 is 5.73 Å². The summed E-state index contributed by atoms with van der Waals surface area (Å²) in [5.41, 5.74) is 12.7. The summed E-state index contributed by atoms with van der Waals surface area (Å²) in [7, 11) is 0. The lowest BCUT2D eigenvalue weighted by Gasteiger charge is -2.10. The molecule has 3 nitrogen and oxygen atoms in total. The average molecular weight is 363 g/mol. The third-order valence-electron chi connectivity index (χ3n) is 4.57. The van der Waals surface area contributed by atoms with E-state index in [1.165, 1.54) is 0 Å². The Labute approximate surface area is 165 Å². The Morgan fingerprint density at radius 1 is 0.821 bits per heavy atom. The third kappa shape index (κ3) is 4.15. The van der Waals surface area contributed by atoms with E-state index in [9.17, 15) is 0 Å². The van der Waals surface area contributed by atoms with Gasteiger partial charge in [0.25, 0.3) is 0 Å². The number of hydrogen-bond donors (Lipinski definition) is 1. The lowest BCUT2D eigenvalue weighted by Crippen LogP contribution is -1.90. The molecule has 0 radical (unpaired) electrons. The summed E-state index contributed by atoms with van der Waals surface area (Å²) in [5, 5.41) is 9.13. The molecule has 3 aromatic rings. The zero-order valence-corrected chi connectivity index (χ0v) is 15.5. The summed E-state index contributed by atoms with van der Waals surface area (Å²) >= 11 is 0. The zero-order chi connectivity index (χ0) is 19.2. The zero-order valence-electron chi connectivity index (χ0n) is 15.5. The molecule has 1 aliphatic rings. The first-order chi connectivity index (χ1) is 13.8. The van der Waals surface area contributed by atoms with E-state index in [4.69, 9.17) is 5.73 Å². The maximum atomic E-state index is 6.00. The van der Waals surface area contributed by atoms with E-state index in [1.807, 2.05) is 66.7 Å². The van der Waals surface area contributed by atoms with Gasteiger partial charge in [0.15, 0.2) is 0 Å². The van der Waals surface area contributed by atoms with Crippen LogP contribution in [0.2, 0.25) is 0 Å². The SMILES string of the molecule is Nc1ccc(-c2ccccc2)c(N=NC2=CC=CCC2=Cc2ccccc2)c1. The summed E-state index contributed by atoms with van der Waals surface area (Å²) < 4.78 is 0. The maximum absolute atomic E-state index is 6.00. The number of nitrogens with zero attached hydrogens (tertiary/aromatic N) is 2. The summed E-state index contributed by atoms with van der Waals surface area (Å²) in [6, 6.07) is 26.2. The second-order valence-corrected chi connectivity index (χ2v) is 6.61. The van der Waals surface area contributed by atoms with Gasteiger partial charge in [0, 0.05) is 11.3 Å². The van der Waals surface area contributed by atoms with Crippen molar-refractivity contribution in [3.05, 3.63) is 114 Å². The molecule has 0 aromatic heterocycles. The van der Waals surface area contributed by atoms with Gasteiger partial charge >= 0.3 is 0 Å². The van der Waals surface area contributed by atoms with Gasteiger partial charge in [0.2, 0.25) is 0 Å². The first-order valence-corrected chi connectivity index (χ1v) is 9.29. The Kier molecular flexibility index (Phi) is 5.25. The van der Waals surface area contributed by atoms with Crippen molar-refractivity contribution in [1.82, 2.24) is 0 Å². The van der Waals surface area contributed by atoms with E-state index in [0.717, 1.165) is 40.1 Å². The Bertz CT molecular complexity index is 1080. The number of rotatable bonds is 4. The molecular formula is C25H21N3. The average Bonchev–Trinajstić information content (AvgIpc) is 2.74. The lowest BCUT2D eigenvalue weighted by atomic mass is 10.0. The van der Waals surface area contributed by atoms with Crippen molar-refractivity contribution in [1.29, 1.82) is 0 Å². The molecule has 136 valence electrons. The highest BCUT2D eigenvalue weighted by molar-refractivity contribution is 5.78. The summed E-state index contributed by atoms with van der Waals surface area (Å²) in [6.07, 6.45) is 9.14. The molecule has 3 heteroatoms. The monoisotopic (exact) mass is 363 g/mol. The molecule has 28 heavy (non-hydrogen) atoms. The molecule has 3 aromatic carbocycles. The van der Waals surface area contributed by atoms with Crippen LogP contribution in [0.1, 0.15) is 12.0 Å². The summed E-state index contributed by atoms with van der Waals surface area (Å²) in [6.45, 7) is 0. The highest BCUT2D eigenvalue weighted by Crippen LogP contribution is 2.33. The van der Waals surface area contributed by atoms with Gasteiger partial charge in [-0.25, -0.2) is 0 Å². The minimum atomic E-state index is 0.672. The molecule has 2 N–H and O–H groups in total. The van der Waals surface area contributed by atoms with Gasteiger partial charge in [0.05, 0.1) is 11.4 Å². The second kappa shape index (κ2) is 8.31. The largest absolute Gasteiger partial charge is 0.399 e. The van der Waals surface area contributed by atoms with Gasteiger partial charge in [-0.2, -0.15) is 5.11 Å². The molecule has 1 aliphatic carbocycles. The smallest absolute Gasteiger partial charge is 0.0955 e. The minimum absolute atomic E-state index is 0.672. The first kappa shape index (κ1) is 17.7. The van der Waals surface area contributed by atoms with E-state index in [0.29, 0.717) is 5.69 Å². The van der Waals surface area contributed by atoms with Crippen molar-refractivity contribution < 1.29 is 0 Å². The highest BCUT2D eigenvalue weighted by Gasteiger charge is 2.09. The van der Waals surface area contributed by atoms with Gasteiger partial charge in [-0.3, -0.25) is 0 Å². The fourth-order valence-corrected chi connectivity index (χ4v) is 3.15. The standard InChI is InChI=1S/C25H21N3/c26-22-15-16-23(20-11-5-2-6-12-20)25(18-22)28-27-24-14-8-7-13-21(24)17-19-9-3-1-4-10-19/h1-12,14-18H,13,26H2. The normalized spacial score (nSPS) is 15.1. The molecule has 0 aliphatic heterocycles. The fraction of sp³-hybridized carbons (Fsp3) is 0.0400. The molecule has 0 atom stereocenters. The Morgan fingerprint density at radius 2 is 1.57 bits per heavy atom. The molecule has 0 fully saturated rings. The predicted molar refractivity (Wildman–Crippen MR) is 117 cm³/mol. The number of anilines is 1. The van der Waals surface area contributed by atoms with Crippen LogP contribution < -0.4 is 5.73 Å². The Balaban J connectivity index is 1.68. The van der Waals surface area contributed by atoms with Crippen molar-refractivity contribution >= 4 is 17.5 Å². The van der Waals surface area contributed by atoms with Crippen LogP contribution in [0.15, 0.2) is 119 Å². The Morgan fingerprint density at radius 3 is 2.36 bits per heavy atom. The van der Waals surface area contributed by atoms with E-state index >= 15 is 0 Å². The summed E-state index contributed by atoms with van der Waals surface area (Å²) in [4.78, 5) is 0. The molecule has 4 rings (SSSR count). The number of nitrogens with two attached hydrogens (primary N) is 1. The topological polar surface area (TPSA) is 50.7 Å². The fourth-order valence-electron chi connectivity index (χ4n) is 3.15. The van der Waals surface area contributed by atoms with Crippen LogP contribution >= 0.6 is 0 Å². The van der Waals surface area contributed by atoms with Crippen LogP contribution in [-0.4, -0.2) is 0 Å². The quantitative estimate of drug-likeness (QED) is 0.396. The van der Waals surface area contributed by atoms with Gasteiger partial charge in [-0.05, 0) is 47.4 Å². The molecule has 0 unspecified atom stereocenters.